The zero-order valence-corrected chi connectivity index (χ0v) is 29.6. The van der Waals surface area contributed by atoms with E-state index in [-0.39, 0.29) is 0 Å². The van der Waals surface area contributed by atoms with Gasteiger partial charge < -0.3 is 9.47 Å². The highest BCUT2D eigenvalue weighted by atomic mass is 32.1. The van der Waals surface area contributed by atoms with Crippen LogP contribution in [0.2, 0.25) is 0 Å². The SMILES string of the molecule is c1ccc(-c2ccc(N(c3cccc(-n4c5ccccc5c5ccccc54)c3)c3cccc4c3ccc3cc5c(cc34)sc3ccccc35)cc2)cc1. The Bertz CT molecular complexity index is 3120. The molecule has 0 spiro atoms. The molecule has 11 rings (SSSR count). The van der Waals surface area contributed by atoms with Gasteiger partial charge in [0.25, 0.3) is 0 Å². The van der Waals surface area contributed by atoms with E-state index >= 15 is 0 Å². The smallest absolute Gasteiger partial charge is 0.0541 e. The van der Waals surface area contributed by atoms with E-state index in [0.717, 1.165) is 22.7 Å². The number of thiophene rings is 1. The normalized spacial score (nSPS) is 11.8. The van der Waals surface area contributed by atoms with Gasteiger partial charge in [0.15, 0.2) is 0 Å². The molecule has 248 valence electrons. The van der Waals surface area contributed by atoms with Crippen LogP contribution in [0.3, 0.4) is 0 Å². The van der Waals surface area contributed by atoms with Crippen molar-refractivity contribution in [2.75, 3.05) is 4.90 Å². The van der Waals surface area contributed by atoms with Crippen LogP contribution in [-0.4, -0.2) is 4.57 Å². The van der Waals surface area contributed by atoms with E-state index in [0.29, 0.717) is 0 Å². The predicted octanol–water partition coefficient (Wildman–Crippen LogP) is 14.6. The zero-order chi connectivity index (χ0) is 34.9. The Hall–Kier alpha value is -6.68. The lowest BCUT2D eigenvalue weighted by Gasteiger charge is -2.28. The van der Waals surface area contributed by atoms with Crippen LogP contribution in [0, 0.1) is 0 Å². The maximum Gasteiger partial charge on any atom is 0.0541 e. The number of anilines is 3. The lowest BCUT2D eigenvalue weighted by molar-refractivity contribution is 1.17. The summed E-state index contributed by atoms with van der Waals surface area (Å²) < 4.78 is 5.05. The Morgan fingerprint density at radius 2 is 1.02 bits per heavy atom. The number of fused-ring (bicyclic) bond motifs is 9. The number of hydrogen-bond donors (Lipinski definition) is 0. The van der Waals surface area contributed by atoms with Crippen molar-refractivity contribution in [3.05, 3.63) is 194 Å². The monoisotopic (exact) mass is 692 g/mol. The van der Waals surface area contributed by atoms with Gasteiger partial charge in [-0.15, -0.1) is 11.3 Å². The lowest BCUT2D eigenvalue weighted by atomic mass is 9.98. The molecule has 2 aromatic heterocycles. The Morgan fingerprint density at radius 3 is 1.81 bits per heavy atom. The molecule has 0 N–H and O–H groups in total. The van der Waals surface area contributed by atoms with Crippen molar-refractivity contribution >= 4 is 91.9 Å². The Morgan fingerprint density at radius 1 is 0.358 bits per heavy atom. The maximum absolute atomic E-state index is 2.43. The summed E-state index contributed by atoms with van der Waals surface area (Å²) in [6.45, 7) is 0. The van der Waals surface area contributed by atoms with Gasteiger partial charge in [-0.2, -0.15) is 0 Å². The van der Waals surface area contributed by atoms with Gasteiger partial charge >= 0.3 is 0 Å². The van der Waals surface area contributed by atoms with Crippen molar-refractivity contribution in [1.29, 1.82) is 0 Å². The number of rotatable bonds is 5. The number of nitrogens with zero attached hydrogens (tertiary/aromatic N) is 2. The number of aromatic nitrogens is 1. The number of para-hydroxylation sites is 2. The van der Waals surface area contributed by atoms with E-state index in [1.165, 1.54) is 74.6 Å². The van der Waals surface area contributed by atoms with Gasteiger partial charge in [0.05, 0.1) is 16.7 Å². The summed E-state index contributed by atoms with van der Waals surface area (Å²) in [6.07, 6.45) is 0. The maximum atomic E-state index is 2.43. The first-order valence-electron chi connectivity index (χ1n) is 18.1. The average Bonchev–Trinajstić information content (AvgIpc) is 3.76. The van der Waals surface area contributed by atoms with Crippen molar-refractivity contribution in [3.63, 3.8) is 0 Å². The van der Waals surface area contributed by atoms with Gasteiger partial charge in [-0.1, -0.05) is 127 Å². The molecule has 0 bridgehead atoms. The molecule has 0 aliphatic heterocycles. The van der Waals surface area contributed by atoms with Crippen LogP contribution in [0.4, 0.5) is 17.1 Å². The van der Waals surface area contributed by atoms with Gasteiger partial charge in [0.1, 0.15) is 0 Å². The van der Waals surface area contributed by atoms with Gasteiger partial charge in [-0.3, -0.25) is 0 Å². The molecule has 9 aromatic carbocycles. The predicted molar refractivity (Wildman–Crippen MR) is 229 cm³/mol. The fraction of sp³-hybridized carbons (Fsp3) is 0. The first-order chi connectivity index (χ1) is 26.3. The van der Waals surface area contributed by atoms with Crippen LogP contribution < -0.4 is 4.90 Å². The van der Waals surface area contributed by atoms with E-state index in [1.807, 2.05) is 11.3 Å². The molecule has 0 fully saturated rings. The highest BCUT2D eigenvalue weighted by molar-refractivity contribution is 7.25. The quantitative estimate of drug-likeness (QED) is 0.163. The summed E-state index contributed by atoms with van der Waals surface area (Å²) in [5.74, 6) is 0. The minimum Gasteiger partial charge on any atom is -0.310 e. The van der Waals surface area contributed by atoms with E-state index < -0.39 is 0 Å². The second kappa shape index (κ2) is 11.9. The van der Waals surface area contributed by atoms with Crippen LogP contribution in [0.1, 0.15) is 0 Å². The summed E-state index contributed by atoms with van der Waals surface area (Å²) in [5.41, 5.74) is 9.30. The molecule has 11 aromatic rings. The topological polar surface area (TPSA) is 8.17 Å². The Labute approximate surface area is 311 Å². The molecule has 53 heavy (non-hydrogen) atoms. The molecule has 0 aliphatic rings. The third kappa shape index (κ3) is 4.78. The molecule has 0 atom stereocenters. The molecular formula is C50H32N2S. The van der Waals surface area contributed by atoms with Crippen molar-refractivity contribution < 1.29 is 0 Å². The van der Waals surface area contributed by atoms with E-state index in [4.69, 9.17) is 0 Å². The van der Waals surface area contributed by atoms with Crippen LogP contribution in [0.5, 0.6) is 0 Å². The largest absolute Gasteiger partial charge is 0.310 e. The first kappa shape index (κ1) is 30.0. The average molecular weight is 693 g/mol. The third-order valence-corrected chi connectivity index (χ3v) is 11.9. The van der Waals surface area contributed by atoms with Gasteiger partial charge in [-0.25, -0.2) is 0 Å². The van der Waals surface area contributed by atoms with Gasteiger partial charge in [0, 0.05) is 53.4 Å². The van der Waals surface area contributed by atoms with Crippen LogP contribution in [-0.2, 0) is 0 Å². The molecule has 0 unspecified atom stereocenters. The van der Waals surface area contributed by atoms with E-state index in [1.54, 1.807) is 0 Å². The summed E-state index contributed by atoms with van der Waals surface area (Å²) in [7, 11) is 0. The van der Waals surface area contributed by atoms with Crippen molar-refractivity contribution in [1.82, 2.24) is 4.57 Å². The Balaban J connectivity index is 1.14. The van der Waals surface area contributed by atoms with Gasteiger partial charge in [-0.05, 0) is 94.0 Å². The van der Waals surface area contributed by atoms with E-state index in [2.05, 4.69) is 204 Å². The summed E-state index contributed by atoms with van der Waals surface area (Å²) >= 11 is 1.88. The highest BCUT2D eigenvalue weighted by Gasteiger charge is 2.19. The standard InChI is InChI=1S/C50H32N2S/c1-2-12-33(13-3-1)34-24-27-36(28-25-34)51(37-14-10-15-38(31-37)52-47-20-7-4-16-40(47)41-17-5-8-21-48(41)52)46-22-11-19-39-42(46)29-26-35-30-45-43-18-6-9-23-49(43)53-50(45)32-44(35)39/h1-32H. The van der Waals surface area contributed by atoms with Crippen LogP contribution in [0.25, 0.3) is 80.3 Å². The zero-order valence-electron chi connectivity index (χ0n) is 28.8. The molecular weight excluding hydrogens is 661 g/mol. The summed E-state index contributed by atoms with van der Waals surface area (Å²) in [4.78, 5) is 2.43. The minimum atomic E-state index is 1.10. The number of benzene rings is 9. The fourth-order valence-corrected chi connectivity index (χ4v) is 9.45. The highest BCUT2D eigenvalue weighted by Crippen LogP contribution is 2.44. The fourth-order valence-electron chi connectivity index (χ4n) is 8.32. The molecule has 0 saturated carbocycles. The van der Waals surface area contributed by atoms with Crippen molar-refractivity contribution in [3.8, 4) is 16.8 Å². The second-order valence-electron chi connectivity index (χ2n) is 13.7. The lowest BCUT2D eigenvalue weighted by Crippen LogP contribution is -2.11. The molecule has 0 radical (unpaired) electrons. The summed E-state index contributed by atoms with van der Waals surface area (Å²) in [6, 6.07) is 71.0. The van der Waals surface area contributed by atoms with Crippen LogP contribution in [0.15, 0.2) is 194 Å². The molecule has 2 heterocycles. The Kier molecular flexibility index (Phi) is 6.76. The molecule has 0 amide bonds. The minimum absolute atomic E-state index is 1.10. The molecule has 0 aliphatic carbocycles. The molecule has 2 nitrogen and oxygen atoms in total. The van der Waals surface area contributed by atoms with Crippen molar-refractivity contribution in [2.45, 2.75) is 0 Å². The third-order valence-electron chi connectivity index (χ3n) is 10.8. The summed E-state index contributed by atoms with van der Waals surface area (Å²) in [5, 5.41) is 10.2. The first-order valence-corrected chi connectivity index (χ1v) is 18.9. The number of hydrogen-bond acceptors (Lipinski definition) is 2. The van der Waals surface area contributed by atoms with Crippen LogP contribution >= 0.6 is 11.3 Å². The van der Waals surface area contributed by atoms with Crippen molar-refractivity contribution in [2.24, 2.45) is 0 Å². The molecule has 3 heteroatoms. The van der Waals surface area contributed by atoms with Gasteiger partial charge in [0.2, 0.25) is 0 Å². The second-order valence-corrected chi connectivity index (χ2v) is 14.8. The molecule has 0 saturated heterocycles. The van der Waals surface area contributed by atoms with E-state index in [9.17, 15) is 0 Å².